The van der Waals surface area contributed by atoms with Crippen molar-refractivity contribution in [3.8, 4) is 5.75 Å². The fourth-order valence-corrected chi connectivity index (χ4v) is 1.77. The molecule has 1 amide bonds. The maximum atomic E-state index is 12.9. The third-order valence-electron chi connectivity index (χ3n) is 2.78. The minimum absolute atomic E-state index is 0.153. The van der Waals surface area contributed by atoms with Crippen molar-refractivity contribution in [2.45, 2.75) is 13.3 Å². The summed E-state index contributed by atoms with van der Waals surface area (Å²) in [4.78, 5) is 11.7. The van der Waals surface area contributed by atoms with Crippen LogP contribution in [0.4, 0.5) is 10.1 Å². The molecule has 4 heteroatoms. The number of aryl methyl sites for hydroxylation is 1. The Labute approximate surface area is 117 Å². The summed E-state index contributed by atoms with van der Waals surface area (Å²) in [5, 5.41) is 2.74. The molecule has 2 aromatic rings. The van der Waals surface area contributed by atoms with Crippen molar-refractivity contribution in [1.82, 2.24) is 0 Å². The van der Waals surface area contributed by atoms with Gasteiger partial charge in [-0.15, -0.1) is 0 Å². The topological polar surface area (TPSA) is 38.3 Å². The highest BCUT2D eigenvalue weighted by Crippen LogP contribution is 2.13. The van der Waals surface area contributed by atoms with E-state index in [0.29, 0.717) is 5.75 Å². The molecule has 0 bridgehead atoms. The predicted molar refractivity (Wildman–Crippen MR) is 76.3 cm³/mol. The number of carbonyl (C=O) groups excluding carboxylic acids is 1. The molecule has 20 heavy (non-hydrogen) atoms. The largest absolute Gasteiger partial charge is 0.484 e. The number of anilines is 1. The second-order valence-electron chi connectivity index (χ2n) is 4.35. The molecule has 0 aliphatic rings. The van der Waals surface area contributed by atoms with E-state index in [4.69, 9.17) is 4.74 Å². The molecule has 2 rings (SSSR count). The van der Waals surface area contributed by atoms with E-state index in [-0.39, 0.29) is 12.5 Å². The van der Waals surface area contributed by atoms with Crippen LogP contribution in [0.5, 0.6) is 5.75 Å². The maximum Gasteiger partial charge on any atom is 0.262 e. The number of amides is 1. The summed E-state index contributed by atoms with van der Waals surface area (Å²) in [6, 6.07) is 13.3. The lowest BCUT2D eigenvalue weighted by atomic mass is 10.1. The molecule has 3 nitrogen and oxygen atoms in total. The van der Waals surface area contributed by atoms with Crippen molar-refractivity contribution in [1.29, 1.82) is 0 Å². The van der Waals surface area contributed by atoms with Gasteiger partial charge in [0.25, 0.3) is 5.91 Å². The van der Waals surface area contributed by atoms with Gasteiger partial charge in [0.05, 0.1) is 0 Å². The molecule has 0 fully saturated rings. The Morgan fingerprint density at radius 1 is 1.20 bits per heavy atom. The number of ether oxygens (including phenoxy) is 1. The molecular formula is C16H16FNO2. The molecule has 1 N–H and O–H groups in total. The van der Waals surface area contributed by atoms with Crippen molar-refractivity contribution >= 4 is 11.6 Å². The number of halogens is 1. The van der Waals surface area contributed by atoms with Crippen LogP contribution in [-0.4, -0.2) is 12.5 Å². The first-order chi connectivity index (χ1) is 9.67. The molecule has 0 unspecified atom stereocenters. The fraction of sp³-hybridized carbons (Fsp3) is 0.188. The summed E-state index contributed by atoms with van der Waals surface area (Å²) in [6.45, 7) is 1.90. The summed E-state index contributed by atoms with van der Waals surface area (Å²) < 4.78 is 18.2. The summed E-state index contributed by atoms with van der Waals surface area (Å²) in [5.74, 6) is -0.330. The Kier molecular flexibility index (Phi) is 4.71. The van der Waals surface area contributed by atoms with Crippen molar-refractivity contribution < 1.29 is 13.9 Å². The summed E-state index contributed by atoms with van der Waals surface area (Å²) in [6.07, 6.45) is 0.906. The quantitative estimate of drug-likeness (QED) is 0.906. The van der Waals surface area contributed by atoms with Gasteiger partial charge in [-0.3, -0.25) is 4.79 Å². The minimum atomic E-state index is -0.390. The van der Waals surface area contributed by atoms with Gasteiger partial charge in [0.15, 0.2) is 6.61 Å². The first-order valence-electron chi connectivity index (χ1n) is 6.44. The van der Waals surface area contributed by atoms with Gasteiger partial charge in [0, 0.05) is 11.8 Å². The van der Waals surface area contributed by atoms with Crippen molar-refractivity contribution in [2.24, 2.45) is 0 Å². The molecule has 0 heterocycles. The number of hydrogen-bond donors (Lipinski definition) is 1. The Morgan fingerprint density at radius 3 is 2.75 bits per heavy atom. The molecular weight excluding hydrogens is 257 g/mol. The highest BCUT2D eigenvalue weighted by Gasteiger charge is 2.04. The second-order valence-corrected chi connectivity index (χ2v) is 4.35. The average Bonchev–Trinajstić information content (AvgIpc) is 2.45. The van der Waals surface area contributed by atoms with Crippen LogP contribution >= 0.6 is 0 Å². The Morgan fingerprint density at radius 2 is 2.00 bits per heavy atom. The van der Waals surface area contributed by atoms with Crippen molar-refractivity contribution in [3.05, 3.63) is 59.9 Å². The molecule has 0 aliphatic heterocycles. The highest BCUT2D eigenvalue weighted by molar-refractivity contribution is 5.91. The second kappa shape index (κ2) is 6.70. The molecule has 0 atom stereocenters. The zero-order valence-electron chi connectivity index (χ0n) is 11.2. The van der Waals surface area contributed by atoms with E-state index in [2.05, 4.69) is 5.32 Å². The van der Waals surface area contributed by atoms with Gasteiger partial charge < -0.3 is 10.1 Å². The van der Waals surface area contributed by atoms with Crippen LogP contribution in [0.3, 0.4) is 0 Å². The molecule has 0 aliphatic carbocycles. The number of hydrogen-bond acceptors (Lipinski definition) is 2. The fourth-order valence-electron chi connectivity index (χ4n) is 1.77. The highest BCUT2D eigenvalue weighted by atomic mass is 19.1. The van der Waals surface area contributed by atoms with E-state index in [1.165, 1.54) is 18.2 Å². The summed E-state index contributed by atoms with van der Waals surface area (Å²) in [5.41, 5.74) is 1.88. The average molecular weight is 273 g/mol. The van der Waals surface area contributed by atoms with E-state index in [1.807, 2.05) is 31.2 Å². The van der Waals surface area contributed by atoms with Crippen LogP contribution in [0.25, 0.3) is 0 Å². The lowest BCUT2D eigenvalue weighted by Gasteiger charge is -2.08. The van der Waals surface area contributed by atoms with Crippen molar-refractivity contribution in [3.63, 3.8) is 0 Å². The third kappa shape index (κ3) is 4.09. The molecule has 104 valence electrons. The molecule has 2 aromatic carbocycles. The summed E-state index contributed by atoms with van der Waals surface area (Å²) >= 11 is 0. The first-order valence-corrected chi connectivity index (χ1v) is 6.44. The lowest BCUT2D eigenvalue weighted by molar-refractivity contribution is -0.118. The molecule has 0 aromatic heterocycles. The van der Waals surface area contributed by atoms with Crippen molar-refractivity contribution in [2.75, 3.05) is 11.9 Å². The van der Waals surface area contributed by atoms with E-state index in [0.717, 1.165) is 17.7 Å². The van der Waals surface area contributed by atoms with Gasteiger partial charge in [-0.25, -0.2) is 4.39 Å². The predicted octanol–water partition coefficient (Wildman–Crippen LogP) is 3.41. The normalized spacial score (nSPS) is 10.1. The smallest absolute Gasteiger partial charge is 0.262 e. The summed E-state index contributed by atoms with van der Waals surface area (Å²) in [7, 11) is 0. The molecule has 0 radical (unpaired) electrons. The van der Waals surface area contributed by atoms with E-state index < -0.39 is 5.82 Å². The van der Waals surface area contributed by atoms with Crippen LogP contribution in [0.15, 0.2) is 48.5 Å². The van der Waals surface area contributed by atoms with Gasteiger partial charge in [-0.05, 0) is 36.2 Å². The van der Waals surface area contributed by atoms with Gasteiger partial charge in [-0.1, -0.05) is 25.1 Å². The number of benzene rings is 2. The zero-order valence-corrected chi connectivity index (χ0v) is 11.2. The third-order valence-corrected chi connectivity index (χ3v) is 2.78. The van der Waals surface area contributed by atoms with Gasteiger partial charge in [0.2, 0.25) is 0 Å². The Bertz CT molecular complexity index is 599. The van der Waals surface area contributed by atoms with Crippen LogP contribution in [0.1, 0.15) is 12.5 Å². The number of nitrogens with one attached hydrogen (secondary N) is 1. The molecule has 0 spiro atoms. The van der Waals surface area contributed by atoms with Crippen LogP contribution in [0.2, 0.25) is 0 Å². The molecule has 0 saturated heterocycles. The maximum absolute atomic E-state index is 12.9. The van der Waals surface area contributed by atoms with Gasteiger partial charge >= 0.3 is 0 Å². The van der Waals surface area contributed by atoms with E-state index in [9.17, 15) is 9.18 Å². The van der Waals surface area contributed by atoms with Crippen LogP contribution in [-0.2, 0) is 11.2 Å². The lowest BCUT2D eigenvalue weighted by Crippen LogP contribution is -2.20. The Balaban J connectivity index is 1.89. The standard InChI is InChI=1S/C16H16FNO2/c1-2-12-5-3-7-14(9-12)18-16(19)11-20-15-8-4-6-13(17)10-15/h3-10H,2,11H2,1H3,(H,18,19). The minimum Gasteiger partial charge on any atom is -0.484 e. The number of carbonyl (C=O) groups is 1. The van der Waals surface area contributed by atoms with Gasteiger partial charge in [0.1, 0.15) is 11.6 Å². The zero-order chi connectivity index (χ0) is 14.4. The van der Waals surface area contributed by atoms with E-state index >= 15 is 0 Å². The Hall–Kier alpha value is -2.36. The molecule has 0 saturated carbocycles. The first kappa shape index (κ1) is 14.1. The van der Waals surface area contributed by atoms with Crippen LogP contribution < -0.4 is 10.1 Å². The van der Waals surface area contributed by atoms with Gasteiger partial charge in [-0.2, -0.15) is 0 Å². The van der Waals surface area contributed by atoms with E-state index in [1.54, 1.807) is 6.07 Å². The number of rotatable bonds is 5. The van der Waals surface area contributed by atoms with Crippen LogP contribution in [0, 0.1) is 5.82 Å². The SMILES string of the molecule is CCc1cccc(NC(=O)COc2cccc(F)c2)c1. The monoisotopic (exact) mass is 273 g/mol.